The fourth-order valence-electron chi connectivity index (χ4n) is 2.67. The first-order valence-corrected chi connectivity index (χ1v) is 10.2. The molecule has 0 aromatic heterocycles. The van der Waals surface area contributed by atoms with Gasteiger partial charge in [-0.15, -0.1) is 0 Å². The third kappa shape index (κ3) is 2.39. The van der Waals surface area contributed by atoms with Crippen molar-refractivity contribution in [3.63, 3.8) is 0 Å². The van der Waals surface area contributed by atoms with Gasteiger partial charge in [0, 0.05) is 25.4 Å². The summed E-state index contributed by atoms with van der Waals surface area (Å²) in [7, 11) is 0. The van der Waals surface area contributed by atoms with Crippen LogP contribution < -0.4 is 0 Å². The highest BCUT2D eigenvalue weighted by atomic mass is 127. The number of halogens is 4. The number of fused-ring (bicyclic) bond motifs is 3. The SMILES string of the molecule is Cc1cc2c(c(I)c1I)-c1c(cc(C)c(I)c1I)C2. The first-order chi connectivity index (χ1) is 8.91. The second kappa shape index (κ2) is 5.53. The Morgan fingerprint density at radius 2 is 1.05 bits per heavy atom. The van der Waals surface area contributed by atoms with E-state index in [0.29, 0.717) is 0 Å². The van der Waals surface area contributed by atoms with Gasteiger partial charge < -0.3 is 0 Å². The molecule has 3 rings (SSSR count). The van der Waals surface area contributed by atoms with Gasteiger partial charge in [0.25, 0.3) is 0 Å². The molecule has 1 aliphatic carbocycles. The van der Waals surface area contributed by atoms with Gasteiger partial charge in [-0.05, 0) is 133 Å². The molecule has 0 unspecified atom stereocenters. The Morgan fingerprint density at radius 3 is 1.42 bits per heavy atom. The molecule has 2 aromatic rings. The van der Waals surface area contributed by atoms with Crippen LogP contribution >= 0.6 is 90.4 Å². The Kier molecular flexibility index (Phi) is 4.44. The van der Waals surface area contributed by atoms with E-state index in [9.17, 15) is 0 Å². The maximum atomic E-state index is 2.52. The summed E-state index contributed by atoms with van der Waals surface area (Å²) in [6.45, 7) is 4.43. The summed E-state index contributed by atoms with van der Waals surface area (Å²) >= 11 is 9.99. The van der Waals surface area contributed by atoms with E-state index in [2.05, 4.69) is 116 Å². The zero-order chi connectivity index (χ0) is 13.9. The van der Waals surface area contributed by atoms with Crippen LogP contribution in [0.1, 0.15) is 22.3 Å². The smallest absolute Gasteiger partial charge is 0.0348 e. The molecule has 0 spiro atoms. The van der Waals surface area contributed by atoms with Crippen LogP contribution in [-0.4, -0.2) is 0 Å². The zero-order valence-corrected chi connectivity index (χ0v) is 19.0. The molecule has 1 aliphatic rings. The molecule has 0 radical (unpaired) electrons. The Balaban J connectivity index is 2.40. The van der Waals surface area contributed by atoms with Gasteiger partial charge in [-0.1, -0.05) is 12.1 Å². The van der Waals surface area contributed by atoms with Crippen molar-refractivity contribution in [2.24, 2.45) is 0 Å². The van der Waals surface area contributed by atoms with Crippen LogP contribution in [0.15, 0.2) is 12.1 Å². The maximum absolute atomic E-state index is 2.52. The Labute approximate surface area is 168 Å². The third-order valence-electron chi connectivity index (χ3n) is 3.57. The lowest BCUT2D eigenvalue weighted by molar-refractivity contribution is 1.22. The largest absolute Gasteiger partial charge is 0.0540 e. The van der Waals surface area contributed by atoms with Crippen LogP contribution in [0.4, 0.5) is 0 Å². The number of rotatable bonds is 0. The second-order valence-electron chi connectivity index (χ2n) is 4.89. The van der Waals surface area contributed by atoms with E-state index in [1.165, 1.54) is 47.7 Å². The van der Waals surface area contributed by atoms with Crippen molar-refractivity contribution < 1.29 is 0 Å². The van der Waals surface area contributed by atoms with Crippen LogP contribution in [0.25, 0.3) is 11.1 Å². The Hall–Kier alpha value is 1.36. The molecule has 98 valence electrons. The van der Waals surface area contributed by atoms with E-state index >= 15 is 0 Å². The quantitative estimate of drug-likeness (QED) is 0.243. The van der Waals surface area contributed by atoms with Gasteiger partial charge in [0.05, 0.1) is 0 Å². The van der Waals surface area contributed by atoms with Crippen LogP contribution in [0.2, 0.25) is 0 Å². The minimum Gasteiger partial charge on any atom is -0.0540 e. The summed E-state index contributed by atoms with van der Waals surface area (Å²) in [4.78, 5) is 0. The first kappa shape index (κ1) is 15.3. The van der Waals surface area contributed by atoms with Gasteiger partial charge in [-0.3, -0.25) is 0 Å². The number of aryl methyl sites for hydroxylation is 2. The molecule has 0 nitrogen and oxygen atoms in total. The van der Waals surface area contributed by atoms with Gasteiger partial charge in [-0.25, -0.2) is 0 Å². The minimum atomic E-state index is 1.09. The predicted molar refractivity (Wildman–Crippen MR) is 115 cm³/mol. The molecular formula is C15H10I4. The van der Waals surface area contributed by atoms with Crippen molar-refractivity contribution >= 4 is 90.4 Å². The van der Waals surface area contributed by atoms with E-state index < -0.39 is 0 Å². The van der Waals surface area contributed by atoms with E-state index in [1.54, 1.807) is 0 Å². The van der Waals surface area contributed by atoms with Crippen LogP contribution in [0, 0.1) is 28.1 Å². The standard InChI is InChI=1S/C15H10I4/c1-6-3-8-5-9-4-7(2)13(17)15(19)11(9)10(8)14(18)12(6)16/h3-4H,5H2,1-2H3. The molecule has 19 heavy (non-hydrogen) atoms. The number of benzene rings is 2. The topological polar surface area (TPSA) is 0 Å². The summed E-state index contributed by atoms with van der Waals surface area (Å²) in [5.41, 5.74) is 8.75. The Bertz CT molecular complexity index is 656. The monoisotopic (exact) mass is 698 g/mol. The van der Waals surface area contributed by atoms with Crippen LogP contribution in [0.5, 0.6) is 0 Å². The summed E-state index contributed by atoms with van der Waals surface area (Å²) in [5.74, 6) is 0. The molecular weight excluding hydrogens is 688 g/mol. The molecule has 0 amide bonds. The zero-order valence-electron chi connectivity index (χ0n) is 10.4. The van der Waals surface area contributed by atoms with Crippen molar-refractivity contribution in [2.45, 2.75) is 20.3 Å². The fourth-order valence-corrected chi connectivity index (χ4v) is 5.60. The lowest BCUT2D eigenvalue weighted by Crippen LogP contribution is -1.95. The molecule has 0 atom stereocenters. The molecule has 4 heteroatoms. The fraction of sp³-hybridized carbons (Fsp3) is 0.200. The summed E-state index contributed by atoms with van der Waals surface area (Å²) in [5, 5.41) is 0. The minimum absolute atomic E-state index is 1.09. The summed E-state index contributed by atoms with van der Waals surface area (Å²) in [6, 6.07) is 4.75. The number of hydrogen-bond acceptors (Lipinski definition) is 0. The molecule has 0 heterocycles. The highest BCUT2D eigenvalue weighted by Crippen LogP contribution is 2.46. The molecule has 0 fully saturated rings. The van der Waals surface area contributed by atoms with Crippen molar-refractivity contribution in [3.8, 4) is 11.1 Å². The summed E-state index contributed by atoms with van der Waals surface area (Å²) in [6.07, 6.45) is 1.09. The van der Waals surface area contributed by atoms with Gasteiger partial charge in [0.1, 0.15) is 0 Å². The lowest BCUT2D eigenvalue weighted by atomic mass is 10.0. The van der Waals surface area contributed by atoms with Crippen molar-refractivity contribution in [3.05, 3.63) is 48.7 Å². The lowest BCUT2D eigenvalue weighted by Gasteiger charge is -2.12. The highest BCUT2D eigenvalue weighted by Gasteiger charge is 2.27. The molecule has 0 bridgehead atoms. The third-order valence-corrected chi connectivity index (χ3v) is 10.6. The van der Waals surface area contributed by atoms with Crippen molar-refractivity contribution in [2.75, 3.05) is 0 Å². The highest BCUT2D eigenvalue weighted by molar-refractivity contribution is 14.1. The molecule has 0 aliphatic heterocycles. The maximum Gasteiger partial charge on any atom is 0.0348 e. The van der Waals surface area contributed by atoms with Gasteiger partial charge >= 0.3 is 0 Å². The van der Waals surface area contributed by atoms with Gasteiger partial charge in [0.2, 0.25) is 0 Å². The molecule has 2 aromatic carbocycles. The average Bonchev–Trinajstić information content (AvgIpc) is 2.71. The van der Waals surface area contributed by atoms with E-state index in [0.717, 1.165) is 6.42 Å². The van der Waals surface area contributed by atoms with E-state index in [-0.39, 0.29) is 0 Å². The van der Waals surface area contributed by atoms with Crippen LogP contribution in [0.3, 0.4) is 0 Å². The van der Waals surface area contributed by atoms with Crippen molar-refractivity contribution in [1.82, 2.24) is 0 Å². The van der Waals surface area contributed by atoms with E-state index in [4.69, 9.17) is 0 Å². The molecule has 0 saturated carbocycles. The van der Waals surface area contributed by atoms with Gasteiger partial charge in [-0.2, -0.15) is 0 Å². The number of hydrogen-bond donors (Lipinski definition) is 0. The normalized spacial score (nSPS) is 12.5. The van der Waals surface area contributed by atoms with Crippen molar-refractivity contribution in [1.29, 1.82) is 0 Å². The first-order valence-electron chi connectivity index (χ1n) is 5.87. The summed E-state index contributed by atoms with van der Waals surface area (Å²) < 4.78 is 5.64. The van der Waals surface area contributed by atoms with E-state index in [1.807, 2.05) is 0 Å². The predicted octanol–water partition coefficient (Wildman–Crippen LogP) is 6.29. The average molecular weight is 698 g/mol. The molecule has 0 N–H and O–H groups in total. The molecule has 0 saturated heterocycles. The Morgan fingerprint density at radius 1 is 0.684 bits per heavy atom. The van der Waals surface area contributed by atoms with Gasteiger partial charge in [0.15, 0.2) is 0 Å². The second-order valence-corrected chi connectivity index (χ2v) is 9.20. The van der Waals surface area contributed by atoms with Crippen LogP contribution in [-0.2, 0) is 6.42 Å².